The fourth-order valence-electron chi connectivity index (χ4n) is 1.62. The number of halogens is 1. The van der Waals surface area contributed by atoms with Crippen molar-refractivity contribution in [2.75, 3.05) is 11.9 Å². The number of hydrogen-bond donors (Lipinski definition) is 1. The van der Waals surface area contributed by atoms with Gasteiger partial charge in [-0.05, 0) is 31.2 Å². The molecule has 0 fully saturated rings. The molecule has 2 rings (SSSR count). The number of nitrogens with zero attached hydrogens (tertiary/aromatic N) is 2. The van der Waals surface area contributed by atoms with E-state index in [1.54, 1.807) is 6.07 Å². The summed E-state index contributed by atoms with van der Waals surface area (Å²) >= 11 is 5.88. The molecule has 0 aliphatic carbocycles. The van der Waals surface area contributed by atoms with Gasteiger partial charge in [0.2, 0.25) is 0 Å². The van der Waals surface area contributed by atoms with Crippen LogP contribution in [0.4, 0.5) is 5.69 Å². The molecule has 0 bridgehead atoms. The Balaban J connectivity index is 1.96. The fourth-order valence-corrected chi connectivity index (χ4v) is 1.81. The van der Waals surface area contributed by atoms with Gasteiger partial charge in [0, 0.05) is 23.3 Å². The first-order chi connectivity index (χ1) is 8.65. The smallest absolute Gasteiger partial charge is 0.266 e. The molecule has 0 saturated carbocycles. The van der Waals surface area contributed by atoms with Crippen LogP contribution in [0, 0.1) is 6.92 Å². The van der Waals surface area contributed by atoms with Crippen molar-refractivity contribution < 1.29 is 0 Å². The van der Waals surface area contributed by atoms with Crippen LogP contribution in [0.25, 0.3) is 0 Å². The molecule has 1 N–H and O–H groups in total. The molecule has 1 aromatic heterocycles. The predicted octanol–water partition coefficient (Wildman–Crippen LogP) is 2.32. The fraction of sp³-hybridized carbons (Fsp3) is 0.231. The van der Waals surface area contributed by atoms with Gasteiger partial charge >= 0.3 is 0 Å². The number of hydrogen-bond acceptors (Lipinski definition) is 3. The normalized spacial score (nSPS) is 10.3. The third-order valence-electron chi connectivity index (χ3n) is 2.48. The lowest BCUT2D eigenvalue weighted by atomic mass is 10.3. The van der Waals surface area contributed by atoms with E-state index in [1.807, 2.05) is 31.2 Å². The molecule has 94 valence electrons. The first-order valence-corrected chi connectivity index (χ1v) is 6.07. The second kappa shape index (κ2) is 5.69. The zero-order chi connectivity index (χ0) is 13.0. The summed E-state index contributed by atoms with van der Waals surface area (Å²) < 4.78 is 1.45. The van der Waals surface area contributed by atoms with Gasteiger partial charge in [-0.3, -0.25) is 4.79 Å². The molecule has 0 saturated heterocycles. The van der Waals surface area contributed by atoms with Gasteiger partial charge in [-0.25, -0.2) is 4.68 Å². The Morgan fingerprint density at radius 2 is 2.17 bits per heavy atom. The summed E-state index contributed by atoms with van der Waals surface area (Å²) in [5, 5.41) is 8.04. The molecular weight excluding hydrogens is 250 g/mol. The third kappa shape index (κ3) is 3.34. The maximum Gasteiger partial charge on any atom is 0.266 e. The molecule has 0 unspecified atom stereocenters. The van der Waals surface area contributed by atoms with Crippen LogP contribution in [-0.2, 0) is 6.54 Å². The molecule has 0 amide bonds. The molecule has 0 atom stereocenters. The number of aromatic nitrogens is 2. The number of nitrogens with one attached hydrogen (secondary N) is 1. The minimum Gasteiger partial charge on any atom is -0.383 e. The molecule has 4 nitrogen and oxygen atoms in total. The maximum atomic E-state index is 11.5. The molecule has 0 radical (unpaired) electrons. The van der Waals surface area contributed by atoms with Crippen molar-refractivity contribution in [2.24, 2.45) is 0 Å². The Labute approximate surface area is 110 Å². The molecule has 0 spiro atoms. The van der Waals surface area contributed by atoms with Crippen LogP contribution in [0.1, 0.15) is 5.69 Å². The largest absolute Gasteiger partial charge is 0.383 e. The summed E-state index contributed by atoms with van der Waals surface area (Å²) in [6, 6.07) is 10.7. The third-order valence-corrected chi connectivity index (χ3v) is 2.71. The van der Waals surface area contributed by atoms with Crippen molar-refractivity contribution in [3.05, 3.63) is 57.5 Å². The predicted molar refractivity (Wildman–Crippen MR) is 73.2 cm³/mol. The lowest BCUT2D eigenvalue weighted by molar-refractivity contribution is 0.589. The van der Waals surface area contributed by atoms with Gasteiger partial charge in [0.25, 0.3) is 5.56 Å². The Morgan fingerprint density at radius 1 is 1.33 bits per heavy atom. The van der Waals surface area contributed by atoms with E-state index in [9.17, 15) is 4.79 Å². The lowest BCUT2D eigenvalue weighted by Crippen LogP contribution is -2.25. The Bertz CT molecular complexity index is 595. The first kappa shape index (κ1) is 12.6. The first-order valence-electron chi connectivity index (χ1n) is 5.69. The summed E-state index contributed by atoms with van der Waals surface area (Å²) in [6.45, 7) is 3.00. The van der Waals surface area contributed by atoms with Crippen molar-refractivity contribution >= 4 is 17.3 Å². The van der Waals surface area contributed by atoms with Crippen molar-refractivity contribution in [1.29, 1.82) is 0 Å². The highest BCUT2D eigenvalue weighted by molar-refractivity contribution is 6.30. The molecular formula is C13H14ClN3O. The van der Waals surface area contributed by atoms with Crippen LogP contribution in [0.15, 0.2) is 41.2 Å². The number of benzene rings is 1. The summed E-state index contributed by atoms with van der Waals surface area (Å²) in [6.07, 6.45) is 0. The zero-order valence-electron chi connectivity index (χ0n) is 10.1. The van der Waals surface area contributed by atoms with E-state index in [-0.39, 0.29) is 5.56 Å². The monoisotopic (exact) mass is 263 g/mol. The van der Waals surface area contributed by atoms with E-state index < -0.39 is 0 Å². The van der Waals surface area contributed by atoms with Crippen molar-refractivity contribution in [2.45, 2.75) is 13.5 Å². The molecule has 0 aliphatic rings. The summed E-state index contributed by atoms with van der Waals surface area (Å²) in [7, 11) is 0. The van der Waals surface area contributed by atoms with Gasteiger partial charge in [-0.15, -0.1) is 0 Å². The molecule has 1 aromatic carbocycles. The number of rotatable bonds is 4. The molecule has 1 heterocycles. The Kier molecular flexibility index (Phi) is 3.99. The van der Waals surface area contributed by atoms with Gasteiger partial charge < -0.3 is 5.32 Å². The average molecular weight is 264 g/mol. The number of aryl methyl sites for hydroxylation is 1. The van der Waals surface area contributed by atoms with Gasteiger partial charge in [0.1, 0.15) is 0 Å². The Hall–Kier alpha value is -1.81. The number of anilines is 1. The van der Waals surface area contributed by atoms with Gasteiger partial charge in [-0.2, -0.15) is 5.10 Å². The Morgan fingerprint density at radius 3 is 2.94 bits per heavy atom. The standard InChI is InChI=1S/C13H14ClN3O/c1-10-5-6-13(18)17(16-10)8-7-15-12-4-2-3-11(14)9-12/h2-6,9,15H,7-8H2,1H3. The van der Waals surface area contributed by atoms with Gasteiger partial charge in [0.15, 0.2) is 0 Å². The summed E-state index contributed by atoms with van der Waals surface area (Å²) in [5.41, 5.74) is 1.68. The second-order valence-corrected chi connectivity index (χ2v) is 4.41. The minimum atomic E-state index is -0.0894. The van der Waals surface area contributed by atoms with Crippen molar-refractivity contribution in [3.8, 4) is 0 Å². The SMILES string of the molecule is Cc1ccc(=O)n(CCNc2cccc(Cl)c2)n1. The average Bonchev–Trinajstić information content (AvgIpc) is 2.34. The van der Waals surface area contributed by atoms with E-state index in [2.05, 4.69) is 10.4 Å². The highest BCUT2D eigenvalue weighted by Gasteiger charge is 1.98. The lowest BCUT2D eigenvalue weighted by Gasteiger charge is -2.08. The topological polar surface area (TPSA) is 46.9 Å². The maximum absolute atomic E-state index is 11.5. The van der Waals surface area contributed by atoms with Crippen LogP contribution in [0.2, 0.25) is 5.02 Å². The van der Waals surface area contributed by atoms with E-state index in [1.165, 1.54) is 10.7 Å². The van der Waals surface area contributed by atoms with Crippen LogP contribution in [-0.4, -0.2) is 16.3 Å². The second-order valence-electron chi connectivity index (χ2n) is 3.97. The zero-order valence-corrected chi connectivity index (χ0v) is 10.8. The van der Waals surface area contributed by atoms with E-state index >= 15 is 0 Å². The molecule has 5 heteroatoms. The van der Waals surface area contributed by atoms with Crippen molar-refractivity contribution in [1.82, 2.24) is 9.78 Å². The van der Waals surface area contributed by atoms with Crippen LogP contribution >= 0.6 is 11.6 Å². The van der Waals surface area contributed by atoms with Crippen LogP contribution in [0.3, 0.4) is 0 Å². The van der Waals surface area contributed by atoms with Crippen LogP contribution < -0.4 is 10.9 Å². The highest BCUT2D eigenvalue weighted by atomic mass is 35.5. The van der Waals surface area contributed by atoms with Crippen LogP contribution in [0.5, 0.6) is 0 Å². The molecule has 18 heavy (non-hydrogen) atoms. The summed E-state index contributed by atoms with van der Waals surface area (Å²) in [5.74, 6) is 0. The van der Waals surface area contributed by atoms with E-state index in [4.69, 9.17) is 11.6 Å². The van der Waals surface area contributed by atoms with E-state index in [0.717, 1.165) is 11.4 Å². The van der Waals surface area contributed by atoms with E-state index in [0.29, 0.717) is 18.1 Å². The van der Waals surface area contributed by atoms with Crippen molar-refractivity contribution in [3.63, 3.8) is 0 Å². The van der Waals surface area contributed by atoms with Gasteiger partial charge in [0.05, 0.1) is 12.2 Å². The highest BCUT2D eigenvalue weighted by Crippen LogP contribution is 2.14. The molecule has 0 aliphatic heterocycles. The quantitative estimate of drug-likeness (QED) is 0.921. The molecule has 2 aromatic rings. The summed E-state index contributed by atoms with van der Waals surface area (Å²) in [4.78, 5) is 11.5. The van der Waals surface area contributed by atoms with Gasteiger partial charge in [-0.1, -0.05) is 17.7 Å². The minimum absolute atomic E-state index is 0.0894.